The van der Waals surface area contributed by atoms with Crippen LogP contribution in [0.15, 0.2) is 60.8 Å². The van der Waals surface area contributed by atoms with E-state index >= 15 is 0 Å². The van der Waals surface area contributed by atoms with Crippen molar-refractivity contribution in [3.8, 4) is 0 Å². The summed E-state index contributed by atoms with van der Waals surface area (Å²) in [6.45, 7) is 10.4. The number of imidazole rings is 1. The molecule has 1 amide bonds. The van der Waals surface area contributed by atoms with Crippen molar-refractivity contribution in [1.29, 1.82) is 0 Å². The van der Waals surface area contributed by atoms with Crippen LogP contribution in [0.25, 0.3) is 0 Å². The van der Waals surface area contributed by atoms with E-state index in [4.69, 9.17) is 0 Å². The topological polar surface area (TPSA) is 49.0 Å². The van der Waals surface area contributed by atoms with Crippen molar-refractivity contribution in [2.75, 3.05) is 18.8 Å². The highest BCUT2D eigenvalue weighted by molar-refractivity contribution is 7.99. The van der Waals surface area contributed by atoms with Crippen molar-refractivity contribution < 1.29 is 4.79 Å². The molecule has 1 aromatic carbocycles. The van der Waals surface area contributed by atoms with Gasteiger partial charge in [-0.15, -0.1) is 13.2 Å². The minimum absolute atomic E-state index is 0.0541. The highest BCUT2D eigenvalue weighted by Gasteiger charge is 2.13. The number of aromatic nitrogens is 2. The summed E-state index contributed by atoms with van der Waals surface area (Å²) in [5.41, 5.74) is 3.29. The number of aromatic amines is 1. The summed E-state index contributed by atoms with van der Waals surface area (Å²) in [6, 6.07) is 10.2. The Balaban J connectivity index is 1.96. The molecule has 0 aliphatic carbocycles. The van der Waals surface area contributed by atoms with Gasteiger partial charge in [-0.25, -0.2) is 4.98 Å². The van der Waals surface area contributed by atoms with E-state index in [2.05, 4.69) is 35.3 Å². The molecule has 1 N–H and O–H groups in total. The number of amides is 1. The first-order valence-corrected chi connectivity index (χ1v) is 8.84. The van der Waals surface area contributed by atoms with Crippen molar-refractivity contribution in [3.05, 3.63) is 72.6 Å². The van der Waals surface area contributed by atoms with Gasteiger partial charge in [-0.05, 0) is 12.5 Å². The Morgan fingerprint density at radius 1 is 1.25 bits per heavy atom. The van der Waals surface area contributed by atoms with Crippen LogP contribution >= 0.6 is 11.8 Å². The van der Waals surface area contributed by atoms with Crippen molar-refractivity contribution in [3.63, 3.8) is 0 Å². The maximum Gasteiger partial charge on any atom is 0.233 e. The van der Waals surface area contributed by atoms with Gasteiger partial charge in [0.25, 0.3) is 0 Å². The SMILES string of the molecule is C=CCN(CC=C)C(=O)CSc1nc(Cc2ccccc2)c(C)[nH]1. The molecule has 0 aliphatic rings. The Hall–Kier alpha value is -2.27. The fraction of sp³-hybridized carbons (Fsp3) is 0.263. The number of aryl methyl sites for hydroxylation is 1. The molecule has 2 rings (SSSR count). The first-order chi connectivity index (χ1) is 11.6. The zero-order chi connectivity index (χ0) is 17.4. The average molecular weight is 341 g/mol. The second-order valence-electron chi connectivity index (χ2n) is 5.44. The summed E-state index contributed by atoms with van der Waals surface area (Å²) in [5, 5.41) is 0.781. The Labute approximate surface area is 147 Å². The number of nitrogens with zero attached hydrogens (tertiary/aromatic N) is 2. The molecule has 1 heterocycles. The van der Waals surface area contributed by atoms with Crippen LogP contribution in [0, 0.1) is 6.92 Å². The fourth-order valence-electron chi connectivity index (χ4n) is 2.31. The van der Waals surface area contributed by atoms with E-state index in [-0.39, 0.29) is 5.91 Å². The molecular weight excluding hydrogens is 318 g/mol. The van der Waals surface area contributed by atoms with Crippen LogP contribution in [0.3, 0.4) is 0 Å². The Morgan fingerprint density at radius 2 is 1.92 bits per heavy atom. The van der Waals surface area contributed by atoms with Crippen LogP contribution in [-0.2, 0) is 11.2 Å². The molecule has 126 valence electrons. The standard InChI is InChI=1S/C19H23N3OS/c1-4-11-22(12-5-2)18(23)14-24-19-20-15(3)17(21-19)13-16-9-7-6-8-10-16/h4-10H,1-2,11-14H2,3H3,(H,20,21). The van der Waals surface area contributed by atoms with E-state index in [1.165, 1.54) is 17.3 Å². The van der Waals surface area contributed by atoms with Gasteiger partial charge in [-0.1, -0.05) is 54.2 Å². The largest absolute Gasteiger partial charge is 0.337 e. The van der Waals surface area contributed by atoms with Gasteiger partial charge in [0.2, 0.25) is 5.91 Å². The van der Waals surface area contributed by atoms with E-state index in [0.29, 0.717) is 18.8 Å². The number of benzene rings is 1. The number of nitrogens with one attached hydrogen (secondary N) is 1. The molecule has 0 fully saturated rings. The molecule has 0 unspecified atom stereocenters. The molecule has 0 spiro atoms. The molecule has 0 radical (unpaired) electrons. The number of rotatable bonds is 9. The predicted octanol–water partition coefficient (Wildman–Crippen LogP) is 3.60. The first kappa shape index (κ1) is 18.1. The maximum atomic E-state index is 12.2. The van der Waals surface area contributed by atoms with Crippen LogP contribution in [0.4, 0.5) is 0 Å². The van der Waals surface area contributed by atoms with Gasteiger partial charge >= 0.3 is 0 Å². The summed E-state index contributed by atoms with van der Waals surface area (Å²) in [4.78, 5) is 21.9. The lowest BCUT2D eigenvalue weighted by Crippen LogP contribution is -2.32. The highest BCUT2D eigenvalue weighted by Crippen LogP contribution is 2.19. The van der Waals surface area contributed by atoms with Gasteiger partial charge in [0.1, 0.15) is 0 Å². The minimum Gasteiger partial charge on any atom is -0.337 e. The number of carbonyl (C=O) groups excluding carboxylic acids is 1. The molecule has 5 heteroatoms. The first-order valence-electron chi connectivity index (χ1n) is 7.85. The lowest BCUT2D eigenvalue weighted by molar-refractivity contribution is -0.127. The third kappa shape index (κ3) is 5.13. The minimum atomic E-state index is 0.0541. The van der Waals surface area contributed by atoms with Crippen LogP contribution in [0.5, 0.6) is 0 Å². The van der Waals surface area contributed by atoms with Gasteiger partial charge in [-0.2, -0.15) is 0 Å². The van der Waals surface area contributed by atoms with Gasteiger partial charge < -0.3 is 9.88 Å². The molecular formula is C19H23N3OS. The molecule has 0 aliphatic heterocycles. The van der Waals surface area contributed by atoms with Crippen LogP contribution < -0.4 is 0 Å². The number of carbonyl (C=O) groups is 1. The molecule has 4 nitrogen and oxygen atoms in total. The summed E-state index contributed by atoms with van der Waals surface area (Å²) in [5.74, 6) is 0.401. The van der Waals surface area contributed by atoms with Crippen molar-refractivity contribution >= 4 is 17.7 Å². The summed E-state index contributed by atoms with van der Waals surface area (Å²) < 4.78 is 0. The second-order valence-corrected chi connectivity index (χ2v) is 6.40. The zero-order valence-electron chi connectivity index (χ0n) is 14.0. The molecule has 1 aromatic heterocycles. The van der Waals surface area contributed by atoms with E-state index < -0.39 is 0 Å². The summed E-state index contributed by atoms with van der Waals surface area (Å²) >= 11 is 1.43. The van der Waals surface area contributed by atoms with Crippen molar-refractivity contribution in [2.45, 2.75) is 18.5 Å². The summed E-state index contributed by atoms with van der Waals surface area (Å²) in [6.07, 6.45) is 4.23. The summed E-state index contributed by atoms with van der Waals surface area (Å²) in [7, 11) is 0. The van der Waals surface area contributed by atoms with Gasteiger partial charge in [0, 0.05) is 25.2 Å². The maximum absolute atomic E-state index is 12.2. The molecule has 2 aromatic rings. The van der Waals surface area contributed by atoms with Gasteiger partial charge in [-0.3, -0.25) is 4.79 Å². The fourth-order valence-corrected chi connectivity index (χ4v) is 3.15. The molecule has 24 heavy (non-hydrogen) atoms. The smallest absolute Gasteiger partial charge is 0.233 e. The van der Waals surface area contributed by atoms with E-state index in [1.54, 1.807) is 17.1 Å². The van der Waals surface area contributed by atoms with Crippen LogP contribution in [-0.4, -0.2) is 39.6 Å². The van der Waals surface area contributed by atoms with Gasteiger partial charge in [0.15, 0.2) is 5.16 Å². The Kier molecular flexibility index (Phi) is 6.88. The normalized spacial score (nSPS) is 10.4. The highest BCUT2D eigenvalue weighted by atomic mass is 32.2. The quantitative estimate of drug-likeness (QED) is 0.560. The monoisotopic (exact) mass is 341 g/mol. The molecule has 0 saturated heterocycles. The number of H-pyrrole nitrogens is 1. The number of hydrogen-bond acceptors (Lipinski definition) is 3. The molecule has 0 saturated carbocycles. The lowest BCUT2D eigenvalue weighted by Gasteiger charge is -2.18. The Bertz CT molecular complexity index is 684. The lowest BCUT2D eigenvalue weighted by atomic mass is 10.1. The van der Waals surface area contributed by atoms with Crippen LogP contribution in [0.2, 0.25) is 0 Å². The van der Waals surface area contributed by atoms with E-state index in [1.807, 2.05) is 25.1 Å². The average Bonchev–Trinajstić information content (AvgIpc) is 2.93. The number of thioether (sulfide) groups is 1. The predicted molar refractivity (Wildman–Crippen MR) is 100 cm³/mol. The van der Waals surface area contributed by atoms with E-state index in [0.717, 1.165) is 23.0 Å². The van der Waals surface area contributed by atoms with Crippen molar-refractivity contribution in [1.82, 2.24) is 14.9 Å². The Morgan fingerprint density at radius 3 is 2.54 bits per heavy atom. The third-order valence-electron chi connectivity index (χ3n) is 3.56. The van der Waals surface area contributed by atoms with Gasteiger partial charge in [0.05, 0.1) is 11.4 Å². The van der Waals surface area contributed by atoms with Crippen molar-refractivity contribution in [2.24, 2.45) is 0 Å². The van der Waals surface area contributed by atoms with E-state index in [9.17, 15) is 4.79 Å². The van der Waals surface area contributed by atoms with Crippen LogP contribution in [0.1, 0.15) is 17.0 Å². The zero-order valence-corrected chi connectivity index (χ0v) is 14.8. The third-order valence-corrected chi connectivity index (χ3v) is 4.42. The molecule has 0 atom stereocenters. The second kappa shape index (κ2) is 9.13. The number of hydrogen-bond donors (Lipinski definition) is 1. The molecule has 0 bridgehead atoms.